The van der Waals surface area contributed by atoms with E-state index in [1.807, 2.05) is 7.05 Å². The Morgan fingerprint density at radius 1 is 1.11 bits per heavy atom. The fraction of sp³-hybridized carbons (Fsp3) is 0.350. The number of amides is 1. The Hall–Kier alpha value is -2.54. The lowest BCUT2D eigenvalue weighted by Crippen LogP contribution is -2.42. The zero-order valence-electron chi connectivity index (χ0n) is 15.3. The van der Waals surface area contributed by atoms with E-state index in [1.54, 1.807) is 25.2 Å². The molecule has 1 heterocycles. The Bertz CT molecular complexity index is 821. The zero-order valence-corrected chi connectivity index (χ0v) is 15.3. The van der Waals surface area contributed by atoms with Crippen LogP contribution in [0.15, 0.2) is 36.4 Å². The van der Waals surface area contributed by atoms with Gasteiger partial charge in [0.2, 0.25) is 0 Å². The predicted octanol–water partition coefficient (Wildman–Crippen LogP) is 3.89. The molecular weight excluding hydrogens is 355 g/mol. The molecule has 27 heavy (non-hydrogen) atoms. The van der Waals surface area contributed by atoms with E-state index in [2.05, 4.69) is 10.2 Å². The van der Waals surface area contributed by atoms with Gasteiger partial charge in [-0.1, -0.05) is 18.2 Å². The largest absolute Gasteiger partial charge is 0.367 e. The lowest BCUT2D eigenvalue weighted by molar-refractivity contribution is 0.102. The van der Waals surface area contributed by atoms with Crippen molar-refractivity contribution >= 4 is 17.3 Å². The van der Waals surface area contributed by atoms with E-state index in [0.29, 0.717) is 6.07 Å². The quantitative estimate of drug-likeness (QED) is 0.878. The lowest BCUT2D eigenvalue weighted by atomic mass is 10.0. The molecule has 0 bridgehead atoms. The van der Waals surface area contributed by atoms with Crippen molar-refractivity contribution in [2.24, 2.45) is 0 Å². The van der Waals surface area contributed by atoms with Gasteiger partial charge in [-0.2, -0.15) is 0 Å². The molecule has 3 rings (SSSR count). The smallest absolute Gasteiger partial charge is 0.255 e. The second kappa shape index (κ2) is 8.00. The summed E-state index contributed by atoms with van der Waals surface area (Å²) < 4.78 is 43.6. The van der Waals surface area contributed by atoms with E-state index < -0.39 is 29.0 Å². The maximum absolute atomic E-state index is 15.0. The zero-order chi connectivity index (χ0) is 19.6. The van der Waals surface area contributed by atoms with Gasteiger partial charge in [-0.25, -0.2) is 13.2 Å². The topological polar surface area (TPSA) is 35.6 Å². The van der Waals surface area contributed by atoms with Crippen LogP contribution in [0.5, 0.6) is 0 Å². The lowest BCUT2D eigenvalue weighted by Gasteiger charge is -2.36. The minimum Gasteiger partial charge on any atom is -0.367 e. The minimum atomic E-state index is -1.14. The molecule has 1 aliphatic heterocycles. The van der Waals surface area contributed by atoms with Crippen molar-refractivity contribution < 1.29 is 18.0 Å². The van der Waals surface area contributed by atoms with Gasteiger partial charge in [-0.3, -0.25) is 4.79 Å². The molecule has 0 aliphatic carbocycles. The summed E-state index contributed by atoms with van der Waals surface area (Å²) in [5, 5.41) is 2.24. The molecule has 0 spiro atoms. The van der Waals surface area contributed by atoms with Crippen LogP contribution in [0.2, 0.25) is 0 Å². The Morgan fingerprint density at radius 3 is 2.37 bits per heavy atom. The van der Waals surface area contributed by atoms with Crippen LogP contribution in [0.1, 0.15) is 23.2 Å². The third-order valence-corrected chi connectivity index (χ3v) is 5.01. The van der Waals surface area contributed by atoms with Crippen LogP contribution < -0.4 is 10.2 Å². The second-order valence-corrected chi connectivity index (χ2v) is 6.84. The fourth-order valence-electron chi connectivity index (χ4n) is 3.36. The second-order valence-electron chi connectivity index (χ2n) is 6.84. The summed E-state index contributed by atoms with van der Waals surface area (Å²) in [5.41, 5.74) is -0.708. The first kappa shape index (κ1) is 19.2. The Balaban J connectivity index is 1.90. The molecular formula is C20H22F3N3O. The molecule has 1 N–H and O–H groups in total. The Labute approximate surface area is 156 Å². The van der Waals surface area contributed by atoms with Crippen molar-refractivity contribution in [3.63, 3.8) is 0 Å². The molecule has 144 valence electrons. The van der Waals surface area contributed by atoms with Crippen LogP contribution in [0.4, 0.5) is 24.5 Å². The number of likely N-dealkylation sites (tertiary alicyclic amines) is 1. The SMILES string of the molecule is CN1CCC(N(C)c2c(F)cc(F)c(NC(=O)c3ccccc3)c2F)CC1. The first-order chi connectivity index (χ1) is 12.9. The summed E-state index contributed by atoms with van der Waals surface area (Å²) in [6.45, 7) is 1.63. The summed E-state index contributed by atoms with van der Waals surface area (Å²) in [5.74, 6) is -3.88. The third kappa shape index (κ3) is 4.08. The van der Waals surface area contributed by atoms with Gasteiger partial charge in [0, 0.05) is 24.7 Å². The van der Waals surface area contributed by atoms with E-state index in [4.69, 9.17) is 0 Å². The maximum atomic E-state index is 15.0. The number of halogens is 3. The number of anilines is 2. The number of carbonyl (C=O) groups excluding carboxylic acids is 1. The fourth-order valence-corrected chi connectivity index (χ4v) is 3.36. The number of carbonyl (C=O) groups is 1. The van der Waals surface area contributed by atoms with E-state index >= 15 is 4.39 Å². The van der Waals surface area contributed by atoms with Crippen LogP contribution in [0.3, 0.4) is 0 Å². The molecule has 7 heteroatoms. The summed E-state index contributed by atoms with van der Waals surface area (Å²) in [6, 6.07) is 8.63. The predicted molar refractivity (Wildman–Crippen MR) is 99.6 cm³/mol. The van der Waals surface area contributed by atoms with Crippen LogP contribution >= 0.6 is 0 Å². The molecule has 0 aromatic heterocycles. The number of benzene rings is 2. The van der Waals surface area contributed by atoms with Gasteiger partial charge in [0.05, 0.1) is 0 Å². The van der Waals surface area contributed by atoms with Gasteiger partial charge in [-0.05, 0) is 45.1 Å². The summed E-state index contributed by atoms with van der Waals surface area (Å²) in [4.78, 5) is 15.9. The van der Waals surface area contributed by atoms with Crippen LogP contribution in [0.25, 0.3) is 0 Å². The summed E-state index contributed by atoms with van der Waals surface area (Å²) >= 11 is 0. The van der Waals surface area contributed by atoms with E-state index in [9.17, 15) is 13.6 Å². The van der Waals surface area contributed by atoms with Crippen molar-refractivity contribution in [1.82, 2.24) is 4.90 Å². The van der Waals surface area contributed by atoms with E-state index in [-0.39, 0.29) is 17.3 Å². The molecule has 0 unspecified atom stereocenters. The van der Waals surface area contributed by atoms with Gasteiger partial charge in [-0.15, -0.1) is 0 Å². The third-order valence-electron chi connectivity index (χ3n) is 5.01. The van der Waals surface area contributed by atoms with Gasteiger partial charge >= 0.3 is 0 Å². The number of nitrogens with zero attached hydrogens (tertiary/aromatic N) is 2. The highest BCUT2D eigenvalue weighted by Crippen LogP contribution is 2.34. The van der Waals surface area contributed by atoms with Gasteiger partial charge in [0.1, 0.15) is 11.4 Å². The molecule has 0 radical (unpaired) electrons. The molecule has 0 saturated carbocycles. The number of piperidine rings is 1. The molecule has 1 fully saturated rings. The maximum Gasteiger partial charge on any atom is 0.255 e. The van der Waals surface area contributed by atoms with Crippen molar-refractivity contribution in [3.05, 3.63) is 59.4 Å². The van der Waals surface area contributed by atoms with Gasteiger partial charge in [0.15, 0.2) is 17.5 Å². The highest BCUT2D eigenvalue weighted by molar-refractivity contribution is 6.04. The number of nitrogens with one attached hydrogen (secondary N) is 1. The van der Waals surface area contributed by atoms with Gasteiger partial charge < -0.3 is 15.1 Å². The monoisotopic (exact) mass is 377 g/mol. The highest BCUT2D eigenvalue weighted by atomic mass is 19.1. The Kier molecular flexibility index (Phi) is 5.70. The first-order valence-electron chi connectivity index (χ1n) is 8.83. The number of hydrogen-bond acceptors (Lipinski definition) is 3. The van der Waals surface area contributed by atoms with E-state index in [0.717, 1.165) is 25.9 Å². The molecule has 1 aliphatic rings. The molecule has 2 aromatic rings. The molecule has 2 aromatic carbocycles. The van der Waals surface area contributed by atoms with Crippen molar-refractivity contribution in [2.75, 3.05) is 37.4 Å². The minimum absolute atomic E-state index is 0.0617. The molecule has 1 amide bonds. The van der Waals surface area contributed by atoms with Crippen LogP contribution in [-0.4, -0.2) is 44.0 Å². The average molecular weight is 377 g/mol. The number of rotatable bonds is 4. The van der Waals surface area contributed by atoms with Crippen LogP contribution in [-0.2, 0) is 0 Å². The van der Waals surface area contributed by atoms with Crippen molar-refractivity contribution in [1.29, 1.82) is 0 Å². The molecule has 1 saturated heterocycles. The summed E-state index contributed by atoms with van der Waals surface area (Å²) in [6.07, 6.45) is 1.49. The first-order valence-corrected chi connectivity index (χ1v) is 8.83. The van der Waals surface area contributed by atoms with Crippen LogP contribution in [0, 0.1) is 17.5 Å². The average Bonchev–Trinajstić information content (AvgIpc) is 2.66. The highest BCUT2D eigenvalue weighted by Gasteiger charge is 2.28. The standard InChI is InChI=1S/C20H22F3N3O/c1-25-10-8-14(9-11-25)26(2)19-16(22)12-15(21)18(17(19)23)24-20(27)13-6-4-3-5-7-13/h3-7,12,14H,8-11H2,1-2H3,(H,24,27). The normalized spacial score (nSPS) is 15.6. The summed E-state index contributed by atoms with van der Waals surface area (Å²) in [7, 11) is 3.59. The molecule has 4 nitrogen and oxygen atoms in total. The van der Waals surface area contributed by atoms with E-state index in [1.165, 1.54) is 17.0 Å². The van der Waals surface area contributed by atoms with Gasteiger partial charge in [0.25, 0.3) is 5.91 Å². The van der Waals surface area contributed by atoms with Crippen molar-refractivity contribution in [3.8, 4) is 0 Å². The Morgan fingerprint density at radius 2 is 1.74 bits per heavy atom. The molecule has 0 atom stereocenters. The number of hydrogen-bond donors (Lipinski definition) is 1. The van der Waals surface area contributed by atoms with Crippen molar-refractivity contribution in [2.45, 2.75) is 18.9 Å².